The molecule has 4 N–H and O–H groups in total. The average Bonchev–Trinajstić information content (AvgIpc) is 2.91. The van der Waals surface area contributed by atoms with Crippen molar-refractivity contribution in [2.45, 2.75) is 51.0 Å². The third-order valence-corrected chi connectivity index (χ3v) is 6.81. The summed E-state index contributed by atoms with van der Waals surface area (Å²) in [5.74, 6) is -4.91. The molecule has 0 radical (unpaired) electrons. The number of rotatable bonds is 7. The number of hydrogen-bond acceptors (Lipinski definition) is 7. The Bertz CT molecular complexity index is 1400. The van der Waals surface area contributed by atoms with Crippen LogP contribution >= 0.6 is 0 Å². The van der Waals surface area contributed by atoms with Gasteiger partial charge in [-0.25, -0.2) is 18.2 Å². The van der Waals surface area contributed by atoms with E-state index in [1.54, 1.807) is 12.3 Å². The number of hydrogen-bond donors (Lipinski definition) is 3. The maximum atomic E-state index is 15.1. The van der Waals surface area contributed by atoms with Crippen molar-refractivity contribution in [1.29, 1.82) is 0 Å². The van der Waals surface area contributed by atoms with E-state index in [1.807, 2.05) is 13.8 Å². The van der Waals surface area contributed by atoms with Gasteiger partial charge in [-0.2, -0.15) is 0 Å². The molecule has 3 heterocycles. The molecule has 1 saturated heterocycles. The lowest BCUT2D eigenvalue weighted by molar-refractivity contribution is -0.145. The van der Waals surface area contributed by atoms with Gasteiger partial charge in [0.05, 0.1) is 29.4 Å². The SMILES string of the molecule is CNC(=O)c1ccc(F)c(-c2nc(C(=O)Cc3cnccc3[C@H]3C[C@@H](N)[C@H](O)[C@@H](C(C)C)O3)ccc2F)c1F. The van der Waals surface area contributed by atoms with Crippen molar-refractivity contribution in [1.82, 2.24) is 15.3 Å². The van der Waals surface area contributed by atoms with Crippen molar-refractivity contribution in [2.24, 2.45) is 11.7 Å². The number of nitrogens with one attached hydrogen (secondary N) is 1. The average molecular weight is 543 g/mol. The van der Waals surface area contributed by atoms with Crippen LogP contribution in [0.3, 0.4) is 0 Å². The first-order valence-electron chi connectivity index (χ1n) is 12.5. The number of pyridine rings is 2. The maximum absolute atomic E-state index is 15.1. The monoisotopic (exact) mass is 542 g/mol. The van der Waals surface area contributed by atoms with Gasteiger partial charge in [-0.3, -0.25) is 14.6 Å². The van der Waals surface area contributed by atoms with Crippen LogP contribution in [0.4, 0.5) is 13.2 Å². The van der Waals surface area contributed by atoms with Crippen LogP contribution in [-0.4, -0.2) is 52.1 Å². The predicted octanol–water partition coefficient (Wildman–Crippen LogP) is 3.52. The van der Waals surface area contributed by atoms with Gasteiger partial charge in [0.15, 0.2) is 5.78 Å². The lowest BCUT2D eigenvalue weighted by atomic mass is 9.86. The van der Waals surface area contributed by atoms with Crippen molar-refractivity contribution in [3.05, 3.63) is 82.6 Å². The Morgan fingerprint density at radius 1 is 1.15 bits per heavy atom. The van der Waals surface area contributed by atoms with Gasteiger partial charge in [-0.1, -0.05) is 13.8 Å². The van der Waals surface area contributed by atoms with E-state index in [4.69, 9.17) is 10.5 Å². The lowest BCUT2D eigenvalue weighted by Gasteiger charge is -2.40. The second-order valence-corrected chi connectivity index (χ2v) is 9.79. The smallest absolute Gasteiger partial charge is 0.254 e. The minimum Gasteiger partial charge on any atom is -0.389 e. The molecule has 2 aromatic heterocycles. The first-order valence-corrected chi connectivity index (χ1v) is 12.5. The number of carbonyl (C=O) groups is 2. The molecule has 0 aliphatic carbocycles. The number of carbonyl (C=O) groups excluding carboxylic acids is 2. The zero-order valence-corrected chi connectivity index (χ0v) is 21.6. The fourth-order valence-corrected chi connectivity index (χ4v) is 4.72. The molecule has 4 rings (SSSR count). The Labute approximate surface area is 223 Å². The van der Waals surface area contributed by atoms with Gasteiger partial charge in [0.1, 0.15) is 28.8 Å². The second-order valence-electron chi connectivity index (χ2n) is 9.79. The Hall–Kier alpha value is -3.67. The van der Waals surface area contributed by atoms with Crippen LogP contribution in [-0.2, 0) is 11.2 Å². The highest BCUT2D eigenvalue weighted by Crippen LogP contribution is 2.35. The van der Waals surface area contributed by atoms with Crippen LogP contribution < -0.4 is 11.1 Å². The molecule has 4 atom stereocenters. The Morgan fingerprint density at radius 3 is 2.56 bits per heavy atom. The van der Waals surface area contributed by atoms with Crippen molar-refractivity contribution in [2.75, 3.05) is 7.05 Å². The van der Waals surface area contributed by atoms with E-state index < -0.39 is 70.3 Å². The van der Waals surface area contributed by atoms with Crippen molar-refractivity contribution >= 4 is 11.7 Å². The van der Waals surface area contributed by atoms with Gasteiger partial charge >= 0.3 is 0 Å². The van der Waals surface area contributed by atoms with Gasteiger partial charge < -0.3 is 20.9 Å². The molecule has 11 heteroatoms. The van der Waals surface area contributed by atoms with Gasteiger partial charge in [0, 0.05) is 31.9 Å². The number of halogens is 3. The number of benzene rings is 1. The minimum absolute atomic E-state index is 0.00898. The molecular formula is C28H29F3N4O4. The summed E-state index contributed by atoms with van der Waals surface area (Å²) < 4.78 is 50.6. The van der Waals surface area contributed by atoms with Crippen molar-refractivity contribution < 1.29 is 32.6 Å². The number of nitrogens with zero attached hydrogens (tertiary/aromatic N) is 2. The van der Waals surface area contributed by atoms with Crippen molar-refractivity contribution in [3.63, 3.8) is 0 Å². The third kappa shape index (κ3) is 5.70. The summed E-state index contributed by atoms with van der Waals surface area (Å²) in [4.78, 5) is 33.3. The summed E-state index contributed by atoms with van der Waals surface area (Å²) in [7, 11) is 1.27. The van der Waals surface area contributed by atoms with Gasteiger partial charge in [-0.05, 0) is 53.8 Å². The number of nitrogens with two attached hydrogens (primary N) is 1. The molecule has 0 bridgehead atoms. The fraction of sp³-hybridized carbons (Fsp3) is 0.357. The van der Waals surface area contributed by atoms with Crippen LogP contribution in [0.1, 0.15) is 58.3 Å². The molecule has 1 fully saturated rings. The first-order chi connectivity index (χ1) is 18.5. The molecule has 8 nitrogen and oxygen atoms in total. The normalized spacial score (nSPS) is 21.2. The zero-order chi connectivity index (χ0) is 28.4. The number of ether oxygens (including phenoxy) is 1. The van der Waals surface area contributed by atoms with E-state index in [-0.39, 0.29) is 18.0 Å². The molecular weight excluding hydrogens is 513 g/mol. The number of aromatic nitrogens is 2. The van der Waals surface area contributed by atoms with Gasteiger partial charge in [0.25, 0.3) is 5.91 Å². The highest BCUT2D eigenvalue weighted by atomic mass is 19.1. The molecule has 39 heavy (non-hydrogen) atoms. The fourth-order valence-electron chi connectivity index (χ4n) is 4.72. The Kier molecular flexibility index (Phi) is 8.43. The summed E-state index contributed by atoms with van der Waals surface area (Å²) in [5.41, 5.74) is 5.02. The van der Waals surface area contributed by atoms with Crippen LogP contribution in [0.25, 0.3) is 11.3 Å². The van der Waals surface area contributed by atoms with E-state index in [1.165, 1.54) is 13.2 Å². The molecule has 1 amide bonds. The standard InChI is InChI=1S/C28H29F3N4O4/c1-13(2)27-26(37)19(32)11-22(39-27)15-8-9-34-12-14(15)10-21(36)20-7-6-18(30)25(35-20)23-17(29)5-4-16(24(23)31)28(38)33-3/h4-9,12-13,19,22,26-27,37H,10-11,32H2,1-3H3,(H,33,38)/t19-,22-,26+,27-/m1/s1. The molecule has 0 saturated carbocycles. The van der Waals surface area contributed by atoms with Crippen LogP contribution in [0.2, 0.25) is 0 Å². The number of aliphatic hydroxyl groups excluding tert-OH is 1. The predicted molar refractivity (Wildman–Crippen MR) is 136 cm³/mol. The summed E-state index contributed by atoms with van der Waals surface area (Å²) >= 11 is 0. The number of amides is 1. The Balaban J connectivity index is 1.66. The highest BCUT2D eigenvalue weighted by molar-refractivity contribution is 5.97. The van der Waals surface area contributed by atoms with Crippen LogP contribution in [0, 0.1) is 23.4 Å². The molecule has 1 aliphatic heterocycles. The van der Waals surface area contributed by atoms with E-state index in [2.05, 4.69) is 15.3 Å². The van der Waals surface area contributed by atoms with Crippen LogP contribution in [0.15, 0.2) is 42.7 Å². The zero-order valence-electron chi connectivity index (χ0n) is 21.6. The summed E-state index contributed by atoms with van der Waals surface area (Å²) in [6, 6.07) is 4.94. The van der Waals surface area contributed by atoms with E-state index >= 15 is 4.39 Å². The Morgan fingerprint density at radius 2 is 1.87 bits per heavy atom. The van der Waals surface area contributed by atoms with Crippen molar-refractivity contribution in [3.8, 4) is 11.3 Å². The summed E-state index contributed by atoms with van der Waals surface area (Å²) in [6.45, 7) is 3.82. The molecule has 1 aromatic carbocycles. The second kappa shape index (κ2) is 11.6. The third-order valence-electron chi connectivity index (χ3n) is 6.81. The van der Waals surface area contributed by atoms with E-state index in [0.29, 0.717) is 17.5 Å². The summed E-state index contributed by atoms with van der Waals surface area (Å²) in [6.07, 6.45) is 1.29. The maximum Gasteiger partial charge on any atom is 0.254 e. The quantitative estimate of drug-likeness (QED) is 0.390. The number of Topliss-reactive ketones (excluding diaryl/α,β-unsaturated/α-hetero) is 1. The number of aliphatic hydroxyl groups is 1. The first kappa shape index (κ1) is 28.3. The largest absolute Gasteiger partial charge is 0.389 e. The molecule has 0 unspecified atom stereocenters. The minimum atomic E-state index is -1.30. The lowest BCUT2D eigenvalue weighted by Crippen LogP contribution is -2.52. The molecule has 3 aromatic rings. The van der Waals surface area contributed by atoms with Crippen LogP contribution in [0.5, 0.6) is 0 Å². The van der Waals surface area contributed by atoms with Gasteiger partial charge in [0.2, 0.25) is 0 Å². The summed E-state index contributed by atoms with van der Waals surface area (Å²) in [5, 5.41) is 12.7. The number of ketones is 1. The molecule has 0 spiro atoms. The molecule has 206 valence electrons. The van der Waals surface area contributed by atoms with Gasteiger partial charge in [-0.15, -0.1) is 0 Å². The van der Waals surface area contributed by atoms with E-state index in [0.717, 1.165) is 24.3 Å². The topological polar surface area (TPSA) is 127 Å². The van der Waals surface area contributed by atoms with E-state index in [9.17, 15) is 23.5 Å². The molecule has 1 aliphatic rings. The highest BCUT2D eigenvalue weighted by Gasteiger charge is 2.38.